The fraction of sp³-hybridized carbons (Fsp3) is 0.118. The molecular formula is C17H15Cl2N5O. The van der Waals surface area contributed by atoms with Gasteiger partial charge in [-0.2, -0.15) is 9.97 Å². The van der Waals surface area contributed by atoms with Crippen LogP contribution in [0.5, 0.6) is 0 Å². The highest BCUT2D eigenvalue weighted by Gasteiger charge is 2.12. The maximum absolute atomic E-state index is 12.5. The van der Waals surface area contributed by atoms with E-state index in [0.717, 1.165) is 5.69 Å². The van der Waals surface area contributed by atoms with Gasteiger partial charge in [0.2, 0.25) is 5.95 Å². The molecule has 128 valence electrons. The Kier molecular flexibility index (Phi) is 5.21. The Hall–Kier alpha value is -2.57. The first-order valence-electron chi connectivity index (χ1n) is 7.61. The van der Waals surface area contributed by atoms with E-state index in [1.807, 2.05) is 37.3 Å². The smallest absolute Gasteiger partial charge is 0.298 e. The fourth-order valence-corrected chi connectivity index (χ4v) is 2.57. The van der Waals surface area contributed by atoms with Crippen molar-refractivity contribution in [1.29, 1.82) is 0 Å². The number of hydrogen-bond donors (Lipinski definition) is 2. The van der Waals surface area contributed by atoms with Gasteiger partial charge in [-0.05, 0) is 30.3 Å². The standard InChI is InChI=1S/C17H15Cl2N5O/c1-2-15-20-16(23-22-11-6-4-3-5-7-11)21-17(25)24(15)12-8-9-13(18)14(19)10-12/h3-10,22H,2H2,1H3,(H,21,23,25). The number of aryl methyl sites for hydroxylation is 1. The average molecular weight is 376 g/mol. The van der Waals surface area contributed by atoms with Crippen LogP contribution < -0.4 is 16.5 Å². The van der Waals surface area contributed by atoms with E-state index in [9.17, 15) is 4.79 Å². The SMILES string of the molecule is CCc1nc(NNc2ccccc2)nc(=O)n1-c1ccc(Cl)c(Cl)c1. The summed E-state index contributed by atoms with van der Waals surface area (Å²) in [5, 5.41) is 0.781. The van der Waals surface area contributed by atoms with Crippen molar-refractivity contribution in [1.82, 2.24) is 14.5 Å². The molecule has 0 radical (unpaired) electrons. The Morgan fingerprint density at radius 3 is 2.44 bits per heavy atom. The highest BCUT2D eigenvalue weighted by molar-refractivity contribution is 6.42. The van der Waals surface area contributed by atoms with Crippen molar-refractivity contribution in [3.8, 4) is 5.69 Å². The van der Waals surface area contributed by atoms with Gasteiger partial charge in [-0.1, -0.05) is 48.3 Å². The van der Waals surface area contributed by atoms with Crippen LogP contribution >= 0.6 is 23.2 Å². The van der Waals surface area contributed by atoms with E-state index in [-0.39, 0.29) is 5.95 Å². The van der Waals surface area contributed by atoms with Gasteiger partial charge in [0.1, 0.15) is 5.82 Å². The normalized spacial score (nSPS) is 10.5. The zero-order valence-corrected chi connectivity index (χ0v) is 14.8. The number of nitrogens with zero attached hydrogens (tertiary/aromatic N) is 3. The van der Waals surface area contributed by atoms with E-state index in [0.29, 0.717) is 28.0 Å². The summed E-state index contributed by atoms with van der Waals surface area (Å²) >= 11 is 12.0. The van der Waals surface area contributed by atoms with E-state index >= 15 is 0 Å². The van der Waals surface area contributed by atoms with Crippen LogP contribution in [0.25, 0.3) is 5.69 Å². The van der Waals surface area contributed by atoms with Crippen molar-refractivity contribution in [2.45, 2.75) is 13.3 Å². The van der Waals surface area contributed by atoms with Gasteiger partial charge in [0.25, 0.3) is 0 Å². The number of halogens is 2. The molecule has 0 saturated heterocycles. The van der Waals surface area contributed by atoms with Crippen LogP contribution in [0.15, 0.2) is 53.3 Å². The maximum atomic E-state index is 12.5. The highest BCUT2D eigenvalue weighted by Crippen LogP contribution is 2.24. The Bertz CT molecular complexity index is 944. The zero-order valence-electron chi connectivity index (χ0n) is 13.3. The van der Waals surface area contributed by atoms with Crippen molar-refractivity contribution in [2.75, 3.05) is 10.9 Å². The summed E-state index contributed by atoms with van der Waals surface area (Å²) in [4.78, 5) is 20.9. The summed E-state index contributed by atoms with van der Waals surface area (Å²) in [6.07, 6.45) is 0.540. The van der Waals surface area contributed by atoms with E-state index in [1.54, 1.807) is 18.2 Å². The molecule has 2 aromatic carbocycles. The number of nitrogens with one attached hydrogen (secondary N) is 2. The highest BCUT2D eigenvalue weighted by atomic mass is 35.5. The lowest BCUT2D eigenvalue weighted by Crippen LogP contribution is -2.28. The van der Waals surface area contributed by atoms with Crippen LogP contribution in [0, 0.1) is 0 Å². The van der Waals surface area contributed by atoms with Gasteiger partial charge < -0.3 is 0 Å². The van der Waals surface area contributed by atoms with Crippen LogP contribution in [0.2, 0.25) is 10.0 Å². The number of hydrogen-bond acceptors (Lipinski definition) is 5. The molecule has 0 fully saturated rings. The van der Waals surface area contributed by atoms with Gasteiger partial charge in [0.15, 0.2) is 0 Å². The molecule has 1 heterocycles. The largest absolute Gasteiger partial charge is 0.356 e. The molecule has 2 N–H and O–H groups in total. The summed E-state index contributed by atoms with van der Waals surface area (Å²) < 4.78 is 1.41. The second-order valence-corrected chi connectivity index (χ2v) is 5.96. The van der Waals surface area contributed by atoms with Crippen molar-refractivity contribution in [3.63, 3.8) is 0 Å². The van der Waals surface area contributed by atoms with Crippen LogP contribution in [0.3, 0.4) is 0 Å². The molecule has 0 amide bonds. The van der Waals surface area contributed by atoms with Crippen LogP contribution in [0.4, 0.5) is 11.6 Å². The van der Waals surface area contributed by atoms with Gasteiger partial charge in [0, 0.05) is 6.42 Å². The molecule has 0 spiro atoms. The van der Waals surface area contributed by atoms with Crippen molar-refractivity contribution < 1.29 is 0 Å². The lowest BCUT2D eigenvalue weighted by atomic mass is 10.3. The summed E-state index contributed by atoms with van der Waals surface area (Å²) in [6.45, 7) is 1.91. The van der Waals surface area contributed by atoms with E-state index in [2.05, 4.69) is 20.8 Å². The molecule has 25 heavy (non-hydrogen) atoms. The molecule has 0 atom stereocenters. The van der Waals surface area contributed by atoms with Crippen LogP contribution in [-0.4, -0.2) is 14.5 Å². The summed E-state index contributed by atoms with van der Waals surface area (Å²) in [6, 6.07) is 14.4. The zero-order chi connectivity index (χ0) is 17.8. The van der Waals surface area contributed by atoms with E-state index < -0.39 is 5.69 Å². The minimum absolute atomic E-state index is 0.196. The monoisotopic (exact) mass is 375 g/mol. The topological polar surface area (TPSA) is 71.8 Å². The molecule has 8 heteroatoms. The summed E-state index contributed by atoms with van der Waals surface area (Å²) in [5.74, 6) is 0.748. The molecule has 0 bridgehead atoms. The third-order valence-corrected chi connectivity index (χ3v) is 4.19. The predicted octanol–water partition coefficient (Wildman–Crippen LogP) is 3.94. The van der Waals surface area contributed by atoms with Crippen LogP contribution in [-0.2, 0) is 6.42 Å². The first-order valence-corrected chi connectivity index (χ1v) is 8.36. The van der Waals surface area contributed by atoms with Gasteiger partial charge in [-0.15, -0.1) is 0 Å². The molecule has 0 aliphatic carbocycles. The molecule has 0 saturated carbocycles. The average Bonchev–Trinajstić information content (AvgIpc) is 2.63. The lowest BCUT2D eigenvalue weighted by Gasteiger charge is -2.13. The molecule has 0 aliphatic rings. The van der Waals surface area contributed by atoms with Crippen molar-refractivity contribution in [2.24, 2.45) is 0 Å². The Morgan fingerprint density at radius 1 is 1.00 bits per heavy atom. The maximum Gasteiger partial charge on any atom is 0.356 e. The second kappa shape index (κ2) is 7.55. The van der Waals surface area contributed by atoms with Crippen LogP contribution in [0.1, 0.15) is 12.7 Å². The molecule has 6 nitrogen and oxygen atoms in total. The summed E-state index contributed by atoms with van der Waals surface area (Å²) in [7, 11) is 0. The molecule has 3 aromatic rings. The predicted molar refractivity (Wildman–Crippen MR) is 101 cm³/mol. The number of para-hydroxylation sites is 1. The Morgan fingerprint density at radius 2 is 1.76 bits per heavy atom. The second-order valence-electron chi connectivity index (χ2n) is 5.15. The molecule has 1 aromatic heterocycles. The number of aromatic nitrogens is 3. The van der Waals surface area contributed by atoms with Gasteiger partial charge in [0.05, 0.1) is 21.4 Å². The number of hydrazine groups is 1. The Balaban J connectivity index is 1.93. The van der Waals surface area contributed by atoms with Crippen molar-refractivity contribution in [3.05, 3.63) is 74.9 Å². The third-order valence-electron chi connectivity index (χ3n) is 3.46. The molecular weight excluding hydrogens is 361 g/mol. The Labute approximate surface area is 154 Å². The number of benzene rings is 2. The van der Waals surface area contributed by atoms with E-state index in [1.165, 1.54) is 4.57 Å². The van der Waals surface area contributed by atoms with Gasteiger partial charge >= 0.3 is 5.69 Å². The minimum atomic E-state index is -0.456. The molecule has 3 rings (SSSR count). The van der Waals surface area contributed by atoms with E-state index in [4.69, 9.17) is 23.2 Å². The first-order chi connectivity index (χ1) is 12.1. The number of anilines is 2. The van der Waals surface area contributed by atoms with Gasteiger partial charge in [-0.3, -0.25) is 10.9 Å². The first kappa shape index (κ1) is 17.3. The van der Waals surface area contributed by atoms with Gasteiger partial charge in [-0.25, -0.2) is 9.36 Å². The molecule has 0 aliphatic heterocycles. The quantitative estimate of drug-likeness (QED) is 0.660. The molecule has 0 unspecified atom stereocenters. The fourth-order valence-electron chi connectivity index (χ4n) is 2.27. The minimum Gasteiger partial charge on any atom is -0.298 e. The van der Waals surface area contributed by atoms with Crippen molar-refractivity contribution >= 4 is 34.8 Å². The summed E-state index contributed by atoms with van der Waals surface area (Å²) in [5.41, 5.74) is 6.74. The third kappa shape index (κ3) is 3.92. The number of rotatable bonds is 5. The lowest BCUT2D eigenvalue weighted by molar-refractivity contribution is 0.772.